The van der Waals surface area contributed by atoms with Crippen molar-refractivity contribution in [2.45, 2.75) is 44.8 Å². The van der Waals surface area contributed by atoms with Gasteiger partial charge < -0.3 is 14.7 Å². The predicted molar refractivity (Wildman–Crippen MR) is 57.4 cm³/mol. The van der Waals surface area contributed by atoms with Crippen LogP contribution in [0, 0.1) is 0 Å². The van der Waals surface area contributed by atoms with E-state index < -0.39 is 0 Å². The zero-order valence-corrected chi connectivity index (χ0v) is 9.41. The van der Waals surface area contributed by atoms with E-state index >= 15 is 0 Å². The molecule has 1 heterocycles. The average molecular weight is 201 g/mol. The molecule has 1 saturated heterocycles. The second-order valence-electron chi connectivity index (χ2n) is 4.39. The van der Waals surface area contributed by atoms with Gasteiger partial charge >= 0.3 is 0 Å². The molecule has 0 saturated carbocycles. The lowest BCUT2D eigenvalue weighted by atomic mass is 10.2. The summed E-state index contributed by atoms with van der Waals surface area (Å²) in [5, 5.41) is 9.11. The first kappa shape index (κ1) is 12.0. The van der Waals surface area contributed by atoms with Crippen LogP contribution in [-0.4, -0.2) is 49.0 Å². The Morgan fingerprint density at radius 1 is 1.57 bits per heavy atom. The standard InChI is InChI=1S/C11H23NO2/c1-10(13)5-3-7-12(2)9-11-6-4-8-14-11/h10-11,13H,3-9H2,1-2H3. The van der Waals surface area contributed by atoms with E-state index in [1.165, 1.54) is 12.8 Å². The van der Waals surface area contributed by atoms with Crippen LogP contribution in [0.3, 0.4) is 0 Å². The second kappa shape index (κ2) is 6.38. The van der Waals surface area contributed by atoms with Gasteiger partial charge in [0.1, 0.15) is 0 Å². The molecule has 0 aromatic rings. The monoisotopic (exact) mass is 201 g/mol. The molecule has 84 valence electrons. The Morgan fingerprint density at radius 3 is 2.93 bits per heavy atom. The van der Waals surface area contributed by atoms with Crippen molar-refractivity contribution in [2.24, 2.45) is 0 Å². The minimum Gasteiger partial charge on any atom is -0.393 e. The van der Waals surface area contributed by atoms with Gasteiger partial charge in [-0.15, -0.1) is 0 Å². The number of likely N-dealkylation sites (N-methyl/N-ethyl adjacent to an activating group) is 1. The molecule has 14 heavy (non-hydrogen) atoms. The fraction of sp³-hybridized carbons (Fsp3) is 1.00. The van der Waals surface area contributed by atoms with Gasteiger partial charge in [-0.2, -0.15) is 0 Å². The van der Waals surface area contributed by atoms with Crippen LogP contribution in [0.2, 0.25) is 0 Å². The van der Waals surface area contributed by atoms with Crippen LogP contribution in [0.4, 0.5) is 0 Å². The van der Waals surface area contributed by atoms with E-state index in [9.17, 15) is 0 Å². The summed E-state index contributed by atoms with van der Waals surface area (Å²) >= 11 is 0. The largest absolute Gasteiger partial charge is 0.393 e. The first-order chi connectivity index (χ1) is 6.68. The van der Waals surface area contributed by atoms with Crippen molar-refractivity contribution in [2.75, 3.05) is 26.7 Å². The van der Waals surface area contributed by atoms with Crippen LogP contribution >= 0.6 is 0 Å². The highest BCUT2D eigenvalue weighted by Gasteiger charge is 2.16. The number of nitrogens with zero attached hydrogens (tertiary/aromatic N) is 1. The number of aliphatic hydroxyl groups is 1. The topological polar surface area (TPSA) is 32.7 Å². The van der Waals surface area contributed by atoms with E-state index in [1.54, 1.807) is 0 Å². The smallest absolute Gasteiger partial charge is 0.0702 e. The highest BCUT2D eigenvalue weighted by Crippen LogP contribution is 2.12. The van der Waals surface area contributed by atoms with Gasteiger partial charge in [-0.05, 0) is 46.2 Å². The molecule has 0 radical (unpaired) electrons. The Kier molecular flexibility index (Phi) is 5.45. The average Bonchev–Trinajstić information content (AvgIpc) is 2.56. The van der Waals surface area contributed by atoms with Crippen molar-refractivity contribution in [1.29, 1.82) is 0 Å². The fourth-order valence-electron chi connectivity index (χ4n) is 1.88. The summed E-state index contributed by atoms with van der Waals surface area (Å²) in [6, 6.07) is 0. The Hall–Kier alpha value is -0.120. The summed E-state index contributed by atoms with van der Waals surface area (Å²) in [6.07, 6.45) is 4.68. The summed E-state index contributed by atoms with van der Waals surface area (Å²) in [7, 11) is 2.13. The summed E-state index contributed by atoms with van der Waals surface area (Å²) in [5.74, 6) is 0. The lowest BCUT2D eigenvalue weighted by Crippen LogP contribution is -2.29. The Labute approximate surface area is 87.1 Å². The number of ether oxygens (including phenoxy) is 1. The third kappa shape index (κ3) is 4.94. The zero-order valence-electron chi connectivity index (χ0n) is 9.41. The van der Waals surface area contributed by atoms with Gasteiger partial charge in [0.15, 0.2) is 0 Å². The molecule has 3 nitrogen and oxygen atoms in total. The number of hydrogen-bond donors (Lipinski definition) is 1. The molecular formula is C11H23NO2. The van der Waals surface area contributed by atoms with Gasteiger partial charge in [0, 0.05) is 13.2 Å². The highest BCUT2D eigenvalue weighted by molar-refractivity contribution is 4.68. The van der Waals surface area contributed by atoms with Crippen molar-refractivity contribution in [3.05, 3.63) is 0 Å². The maximum absolute atomic E-state index is 9.11. The minimum atomic E-state index is -0.161. The normalized spacial score (nSPS) is 24.4. The Bertz CT molecular complexity index is 144. The molecule has 2 atom stereocenters. The molecule has 1 N–H and O–H groups in total. The van der Waals surface area contributed by atoms with Crippen molar-refractivity contribution >= 4 is 0 Å². The Morgan fingerprint density at radius 2 is 2.36 bits per heavy atom. The van der Waals surface area contributed by atoms with Crippen LogP contribution in [0.25, 0.3) is 0 Å². The zero-order chi connectivity index (χ0) is 10.4. The lowest BCUT2D eigenvalue weighted by molar-refractivity contribution is 0.0793. The molecule has 1 rings (SSSR count). The van der Waals surface area contributed by atoms with E-state index in [1.807, 2.05) is 6.92 Å². The molecule has 2 unspecified atom stereocenters. The fourth-order valence-corrected chi connectivity index (χ4v) is 1.88. The van der Waals surface area contributed by atoms with E-state index in [-0.39, 0.29) is 6.10 Å². The van der Waals surface area contributed by atoms with Crippen LogP contribution in [-0.2, 0) is 4.74 Å². The Balaban J connectivity index is 2.00. The molecule has 1 aliphatic heterocycles. The lowest BCUT2D eigenvalue weighted by Gasteiger charge is -2.20. The molecular weight excluding hydrogens is 178 g/mol. The summed E-state index contributed by atoms with van der Waals surface area (Å²) in [4.78, 5) is 2.30. The maximum Gasteiger partial charge on any atom is 0.0702 e. The first-order valence-corrected chi connectivity index (χ1v) is 5.66. The maximum atomic E-state index is 9.11. The van der Waals surface area contributed by atoms with Crippen LogP contribution in [0.1, 0.15) is 32.6 Å². The molecule has 0 spiro atoms. The van der Waals surface area contributed by atoms with Crippen molar-refractivity contribution in [3.63, 3.8) is 0 Å². The molecule has 0 bridgehead atoms. The van der Waals surface area contributed by atoms with Gasteiger partial charge in [0.25, 0.3) is 0 Å². The second-order valence-corrected chi connectivity index (χ2v) is 4.39. The molecule has 0 amide bonds. The van der Waals surface area contributed by atoms with Gasteiger partial charge in [0.05, 0.1) is 12.2 Å². The van der Waals surface area contributed by atoms with E-state index in [4.69, 9.17) is 9.84 Å². The third-order valence-electron chi connectivity index (χ3n) is 2.70. The van der Waals surface area contributed by atoms with E-state index in [0.717, 1.165) is 32.5 Å². The molecule has 0 aromatic heterocycles. The minimum absolute atomic E-state index is 0.161. The van der Waals surface area contributed by atoms with E-state index in [0.29, 0.717) is 6.10 Å². The molecule has 1 fully saturated rings. The number of aliphatic hydroxyl groups excluding tert-OH is 1. The van der Waals surface area contributed by atoms with Gasteiger partial charge in [-0.1, -0.05) is 0 Å². The van der Waals surface area contributed by atoms with Gasteiger partial charge in [-0.25, -0.2) is 0 Å². The molecule has 3 heteroatoms. The summed E-state index contributed by atoms with van der Waals surface area (Å²) in [6.45, 7) is 4.89. The summed E-state index contributed by atoms with van der Waals surface area (Å²) in [5.41, 5.74) is 0. The molecule has 0 aliphatic carbocycles. The third-order valence-corrected chi connectivity index (χ3v) is 2.70. The van der Waals surface area contributed by atoms with E-state index in [2.05, 4.69) is 11.9 Å². The van der Waals surface area contributed by atoms with Crippen molar-refractivity contribution < 1.29 is 9.84 Å². The van der Waals surface area contributed by atoms with Gasteiger partial charge in [-0.3, -0.25) is 0 Å². The van der Waals surface area contributed by atoms with Crippen molar-refractivity contribution in [3.8, 4) is 0 Å². The first-order valence-electron chi connectivity index (χ1n) is 5.66. The van der Waals surface area contributed by atoms with Crippen LogP contribution < -0.4 is 0 Å². The van der Waals surface area contributed by atoms with Gasteiger partial charge in [0.2, 0.25) is 0 Å². The van der Waals surface area contributed by atoms with Crippen LogP contribution in [0.15, 0.2) is 0 Å². The molecule has 0 aromatic carbocycles. The number of hydrogen-bond acceptors (Lipinski definition) is 3. The molecule has 1 aliphatic rings. The number of rotatable bonds is 6. The quantitative estimate of drug-likeness (QED) is 0.702. The SMILES string of the molecule is CC(O)CCCN(C)CC1CCCO1. The summed E-state index contributed by atoms with van der Waals surface area (Å²) < 4.78 is 5.56. The van der Waals surface area contributed by atoms with Crippen LogP contribution in [0.5, 0.6) is 0 Å². The van der Waals surface area contributed by atoms with Crippen molar-refractivity contribution in [1.82, 2.24) is 4.90 Å². The highest BCUT2D eigenvalue weighted by atomic mass is 16.5. The predicted octanol–water partition coefficient (Wildman–Crippen LogP) is 1.26.